The SMILES string of the molecule is [CH2]CCc1cc(-c2ccc(C#N)cc2)ccc1F. The third kappa shape index (κ3) is 2.57. The fraction of sp³-hybridized carbons (Fsp3) is 0.125. The number of rotatable bonds is 3. The van der Waals surface area contributed by atoms with Crippen LogP contribution in [0.15, 0.2) is 42.5 Å². The first-order valence-electron chi connectivity index (χ1n) is 5.83. The molecule has 0 spiro atoms. The summed E-state index contributed by atoms with van der Waals surface area (Å²) >= 11 is 0. The zero-order valence-corrected chi connectivity index (χ0v) is 9.99. The summed E-state index contributed by atoms with van der Waals surface area (Å²) in [5.74, 6) is -0.184. The van der Waals surface area contributed by atoms with Crippen molar-refractivity contribution in [2.75, 3.05) is 0 Å². The van der Waals surface area contributed by atoms with Crippen molar-refractivity contribution < 1.29 is 4.39 Å². The molecule has 0 atom stereocenters. The van der Waals surface area contributed by atoms with Gasteiger partial charge in [-0.1, -0.05) is 25.1 Å². The summed E-state index contributed by atoms with van der Waals surface area (Å²) in [5.41, 5.74) is 3.26. The van der Waals surface area contributed by atoms with E-state index < -0.39 is 0 Å². The van der Waals surface area contributed by atoms with E-state index in [0.717, 1.165) is 11.1 Å². The van der Waals surface area contributed by atoms with Gasteiger partial charge in [-0.3, -0.25) is 0 Å². The first-order valence-corrected chi connectivity index (χ1v) is 5.83. The average molecular weight is 238 g/mol. The number of aryl methyl sites for hydroxylation is 1. The van der Waals surface area contributed by atoms with Gasteiger partial charge < -0.3 is 0 Å². The van der Waals surface area contributed by atoms with Crippen molar-refractivity contribution in [1.29, 1.82) is 5.26 Å². The highest BCUT2D eigenvalue weighted by atomic mass is 19.1. The molecule has 0 saturated carbocycles. The van der Waals surface area contributed by atoms with Gasteiger partial charge in [-0.05, 0) is 53.8 Å². The maximum Gasteiger partial charge on any atom is 0.126 e. The molecule has 0 aliphatic heterocycles. The summed E-state index contributed by atoms with van der Waals surface area (Å²) < 4.78 is 13.5. The Morgan fingerprint density at radius 1 is 1.06 bits per heavy atom. The van der Waals surface area contributed by atoms with Crippen LogP contribution in [-0.2, 0) is 6.42 Å². The molecule has 2 heteroatoms. The standard InChI is InChI=1S/C16H13FN/c1-2-3-15-10-14(8-9-16(15)17)13-6-4-12(11-18)5-7-13/h4-10H,1-3H2. The molecule has 0 saturated heterocycles. The lowest BCUT2D eigenvalue weighted by Crippen LogP contribution is -1.91. The molecule has 0 amide bonds. The Kier molecular flexibility index (Phi) is 3.74. The Morgan fingerprint density at radius 2 is 1.72 bits per heavy atom. The van der Waals surface area contributed by atoms with Gasteiger partial charge in [0.05, 0.1) is 11.6 Å². The highest BCUT2D eigenvalue weighted by Crippen LogP contribution is 2.23. The predicted molar refractivity (Wildman–Crippen MR) is 70.2 cm³/mol. The lowest BCUT2D eigenvalue weighted by molar-refractivity contribution is 0.609. The monoisotopic (exact) mass is 238 g/mol. The molecule has 0 unspecified atom stereocenters. The third-order valence-corrected chi connectivity index (χ3v) is 2.84. The summed E-state index contributed by atoms with van der Waals surface area (Å²) in [7, 11) is 0. The van der Waals surface area contributed by atoms with E-state index in [2.05, 4.69) is 13.0 Å². The summed E-state index contributed by atoms with van der Waals surface area (Å²) in [6, 6.07) is 14.4. The predicted octanol–water partition coefficient (Wildman–Crippen LogP) is 4.13. The topological polar surface area (TPSA) is 23.8 Å². The van der Waals surface area contributed by atoms with Crippen molar-refractivity contribution in [2.45, 2.75) is 12.8 Å². The van der Waals surface area contributed by atoms with Crippen LogP contribution >= 0.6 is 0 Å². The fourth-order valence-electron chi connectivity index (χ4n) is 1.87. The molecule has 0 aliphatic carbocycles. The Bertz CT molecular complexity index is 579. The lowest BCUT2D eigenvalue weighted by Gasteiger charge is -2.06. The van der Waals surface area contributed by atoms with Gasteiger partial charge in [0.2, 0.25) is 0 Å². The lowest BCUT2D eigenvalue weighted by atomic mass is 10.00. The van der Waals surface area contributed by atoms with Gasteiger partial charge in [0, 0.05) is 0 Å². The largest absolute Gasteiger partial charge is 0.207 e. The molecule has 1 nitrogen and oxygen atoms in total. The van der Waals surface area contributed by atoms with Gasteiger partial charge in [-0.2, -0.15) is 5.26 Å². The van der Waals surface area contributed by atoms with Gasteiger partial charge >= 0.3 is 0 Å². The second kappa shape index (κ2) is 5.46. The van der Waals surface area contributed by atoms with Crippen molar-refractivity contribution >= 4 is 0 Å². The molecule has 1 radical (unpaired) electrons. The van der Waals surface area contributed by atoms with Crippen molar-refractivity contribution in [1.82, 2.24) is 0 Å². The minimum Gasteiger partial charge on any atom is -0.207 e. The highest BCUT2D eigenvalue weighted by Gasteiger charge is 2.04. The quantitative estimate of drug-likeness (QED) is 0.788. The molecule has 0 heterocycles. The molecule has 0 N–H and O–H groups in total. The number of hydrogen-bond acceptors (Lipinski definition) is 1. The molecular formula is C16H13FN. The number of benzene rings is 2. The molecule has 0 aliphatic rings. The third-order valence-electron chi connectivity index (χ3n) is 2.84. The van der Waals surface area contributed by atoms with Crippen molar-refractivity contribution in [3.8, 4) is 17.2 Å². The van der Waals surface area contributed by atoms with Crippen molar-refractivity contribution in [3.63, 3.8) is 0 Å². The molecule has 89 valence electrons. The Labute approximate surface area is 107 Å². The van der Waals surface area contributed by atoms with Crippen LogP contribution in [0.4, 0.5) is 4.39 Å². The average Bonchev–Trinajstić information content (AvgIpc) is 2.42. The summed E-state index contributed by atoms with van der Waals surface area (Å²) in [6.45, 7) is 3.74. The molecule has 2 rings (SSSR count). The number of hydrogen-bond donors (Lipinski definition) is 0. The second-order valence-corrected chi connectivity index (χ2v) is 4.10. The van der Waals surface area contributed by atoms with E-state index in [1.54, 1.807) is 18.2 Å². The minimum absolute atomic E-state index is 0.184. The van der Waals surface area contributed by atoms with E-state index in [-0.39, 0.29) is 5.82 Å². The first-order chi connectivity index (χ1) is 8.74. The van der Waals surface area contributed by atoms with E-state index >= 15 is 0 Å². The summed E-state index contributed by atoms with van der Waals surface area (Å²) in [6.07, 6.45) is 1.31. The first kappa shape index (κ1) is 12.3. The Morgan fingerprint density at radius 3 is 2.33 bits per heavy atom. The maximum atomic E-state index is 13.5. The number of nitriles is 1. The van der Waals surface area contributed by atoms with Crippen LogP contribution in [0.3, 0.4) is 0 Å². The van der Waals surface area contributed by atoms with Crippen LogP contribution in [0.5, 0.6) is 0 Å². The van der Waals surface area contributed by atoms with Gasteiger partial charge in [0.15, 0.2) is 0 Å². The smallest absolute Gasteiger partial charge is 0.126 e. The van der Waals surface area contributed by atoms with E-state index in [4.69, 9.17) is 5.26 Å². The minimum atomic E-state index is -0.184. The number of halogens is 1. The fourth-order valence-corrected chi connectivity index (χ4v) is 1.87. The van der Waals surface area contributed by atoms with E-state index in [1.165, 1.54) is 6.07 Å². The number of nitrogens with zero attached hydrogens (tertiary/aromatic N) is 1. The highest BCUT2D eigenvalue weighted by molar-refractivity contribution is 5.65. The van der Waals surface area contributed by atoms with Crippen LogP contribution in [0.2, 0.25) is 0 Å². The Hall–Kier alpha value is -2.14. The zero-order valence-electron chi connectivity index (χ0n) is 9.99. The van der Waals surface area contributed by atoms with Crippen LogP contribution in [0, 0.1) is 24.1 Å². The van der Waals surface area contributed by atoms with E-state index in [0.29, 0.717) is 24.0 Å². The van der Waals surface area contributed by atoms with Crippen LogP contribution < -0.4 is 0 Å². The van der Waals surface area contributed by atoms with Crippen molar-refractivity contribution in [3.05, 3.63) is 66.3 Å². The molecule has 0 bridgehead atoms. The van der Waals surface area contributed by atoms with Gasteiger partial charge in [-0.15, -0.1) is 0 Å². The molecule has 2 aromatic carbocycles. The van der Waals surface area contributed by atoms with E-state index in [9.17, 15) is 4.39 Å². The summed E-state index contributed by atoms with van der Waals surface area (Å²) in [4.78, 5) is 0. The van der Waals surface area contributed by atoms with Crippen molar-refractivity contribution in [2.24, 2.45) is 0 Å². The zero-order chi connectivity index (χ0) is 13.0. The molecule has 18 heavy (non-hydrogen) atoms. The van der Waals surface area contributed by atoms with Gasteiger partial charge in [0.1, 0.15) is 5.82 Å². The van der Waals surface area contributed by atoms with Crippen LogP contribution in [0.1, 0.15) is 17.5 Å². The molecule has 0 aromatic heterocycles. The van der Waals surface area contributed by atoms with Gasteiger partial charge in [-0.25, -0.2) is 4.39 Å². The van der Waals surface area contributed by atoms with Crippen LogP contribution in [0.25, 0.3) is 11.1 Å². The Balaban J connectivity index is 2.38. The molecular weight excluding hydrogens is 225 g/mol. The maximum absolute atomic E-state index is 13.5. The normalized spacial score (nSPS) is 10.1. The molecule has 0 fully saturated rings. The summed E-state index contributed by atoms with van der Waals surface area (Å²) in [5, 5.41) is 8.74. The van der Waals surface area contributed by atoms with Crippen LogP contribution in [-0.4, -0.2) is 0 Å². The molecule has 2 aromatic rings. The van der Waals surface area contributed by atoms with Gasteiger partial charge in [0.25, 0.3) is 0 Å². The second-order valence-electron chi connectivity index (χ2n) is 4.10. The van der Waals surface area contributed by atoms with E-state index in [1.807, 2.05) is 18.2 Å².